The van der Waals surface area contributed by atoms with Crippen molar-refractivity contribution >= 4 is 118 Å². The van der Waals surface area contributed by atoms with E-state index in [0.717, 1.165) is 6.92 Å². The van der Waals surface area contributed by atoms with E-state index < -0.39 is 287 Å². The number of aliphatic carboxylic acids is 3. The van der Waals surface area contributed by atoms with Gasteiger partial charge >= 0.3 is 17.9 Å². The van der Waals surface area contributed by atoms with Crippen LogP contribution in [0.3, 0.4) is 0 Å². The molecule has 13 atom stereocenters. The van der Waals surface area contributed by atoms with Crippen LogP contribution in [0.2, 0.25) is 0 Å². The number of carbonyl (C=O) groups excluding carboxylic acids is 17. The number of primary amides is 1. The smallest absolute Gasteiger partial charge is 0.322 e. The molecule has 0 aromatic carbocycles. The number of carboxylic acids is 3. The highest BCUT2D eigenvalue weighted by Crippen LogP contribution is 2.14. The van der Waals surface area contributed by atoms with Gasteiger partial charge in [-0.15, -0.1) is 0 Å². The van der Waals surface area contributed by atoms with Gasteiger partial charge in [0.05, 0.1) is 45.4 Å². The second-order valence-electron chi connectivity index (χ2n) is 26.6. The number of nitrogens with two attached hydrogens (primary N) is 3. The van der Waals surface area contributed by atoms with Gasteiger partial charge in [-0.1, -0.05) is 61.8 Å². The molecule has 0 radical (unpaired) electrons. The molecule has 0 aliphatic rings. The van der Waals surface area contributed by atoms with Gasteiger partial charge in [-0.05, 0) is 89.0 Å². The molecule has 0 aromatic rings. The molecule has 0 fully saturated rings. The molecule has 0 spiro atoms. The van der Waals surface area contributed by atoms with Crippen LogP contribution in [0.1, 0.15) is 140 Å². The van der Waals surface area contributed by atoms with Gasteiger partial charge in [0.25, 0.3) is 0 Å². The molecule has 0 unspecified atom stereocenters. The maximum absolute atomic E-state index is 13.9. The maximum atomic E-state index is 13.9. The van der Waals surface area contributed by atoms with E-state index >= 15 is 0 Å². The molecule has 27 N–H and O–H groups in total. The van der Waals surface area contributed by atoms with Crippen LogP contribution in [0, 0.1) is 23.7 Å². The van der Waals surface area contributed by atoms with Crippen LogP contribution >= 0.6 is 0 Å². The van der Waals surface area contributed by atoms with Crippen molar-refractivity contribution in [1.29, 1.82) is 0 Å². The lowest BCUT2D eigenvalue weighted by Crippen LogP contribution is -2.62. The first kappa shape index (κ1) is 98.2. The van der Waals surface area contributed by atoms with Crippen LogP contribution in [0.25, 0.3) is 0 Å². The van der Waals surface area contributed by atoms with Crippen molar-refractivity contribution in [3.63, 3.8) is 0 Å². The number of carboxylic acid groups (broad SMARTS) is 3. The van der Waals surface area contributed by atoms with Gasteiger partial charge in [-0.25, -0.2) is 0 Å². The Kier molecular flexibility index (Phi) is 46.4. The Hall–Kier alpha value is -10.8. The molecular formula is C65H111N19O25. The Morgan fingerprint density at radius 3 is 1.17 bits per heavy atom. The zero-order valence-corrected chi connectivity index (χ0v) is 62.8. The summed E-state index contributed by atoms with van der Waals surface area (Å²) in [6, 6.07) is -17.2. The van der Waals surface area contributed by atoms with Crippen LogP contribution in [0.4, 0.5) is 0 Å². The molecule has 0 heterocycles. The van der Waals surface area contributed by atoms with Gasteiger partial charge in [0, 0.05) is 19.3 Å². The average molecular weight is 1560 g/mol. The maximum Gasteiger partial charge on any atom is 0.322 e. The van der Waals surface area contributed by atoms with Crippen LogP contribution in [0.5, 0.6) is 0 Å². The SMILES string of the molecule is CC[C@H](C)[C@H](NC(=O)[C@H](CC(C)C)NC(=O)CNC(=O)[C@@H](NC(=O)[C@H](CO)NC(=O)[C@@H](NC(=O)[C@@H](NC(=O)CNC(=O)[C@H](C)NC(=O)[C@H](CCCCN)NC(=O)[C@H](CCC(=O)O)NC(=O)[C@H](CCC(=O)O)NC(=O)[C@H](CCC(N)=O)NC(=O)CN)C(C)C)C(C)C)[C@@H](C)O)C(=O)NCC(=O)NCC(=O)NCC(=O)O. The topological polar surface area (TPSA) is 713 Å². The zero-order chi connectivity index (χ0) is 83.5. The van der Waals surface area contributed by atoms with Crippen molar-refractivity contribution in [2.45, 2.75) is 212 Å². The summed E-state index contributed by atoms with van der Waals surface area (Å²) < 4.78 is 0. The summed E-state index contributed by atoms with van der Waals surface area (Å²) >= 11 is 0. The highest BCUT2D eigenvalue weighted by atomic mass is 16.4. The lowest BCUT2D eigenvalue weighted by molar-refractivity contribution is -0.140. The Bertz CT molecular complexity index is 3170. The number of hydrogen-bond donors (Lipinski definition) is 24. The van der Waals surface area contributed by atoms with E-state index in [1.807, 2.05) is 5.32 Å². The second-order valence-corrected chi connectivity index (χ2v) is 26.6. The Morgan fingerprint density at radius 2 is 0.725 bits per heavy atom. The highest BCUT2D eigenvalue weighted by molar-refractivity contribution is 6.00. The number of hydrogen-bond acceptors (Lipinski definition) is 24. The van der Waals surface area contributed by atoms with Crippen LogP contribution < -0.4 is 102 Å². The molecule has 0 rings (SSSR count). The number of unbranched alkanes of at least 4 members (excludes halogenated alkanes) is 1. The highest BCUT2D eigenvalue weighted by Gasteiger charge is 2.38. The average Bonchev–Trinajstić information content (AvgIpc) is 0.861. The molecule has 44 nitrogen and oxygen atoms in total. The lowest BCUT2D eigenvalue weighted by Gasteiger charge is -2.29. The summed E-state index contributed by atoms with van der Waals surface area (Å²) in [5.74, 6) is -23.1. The van der Waals surface area contributed by atoms with E-state index in [4.69, 9.17) is 22.3 Å². The predicted octanol–water partition coefficient (Wildman–Crippen LogP) is -10.1. The van der Waals surface area contributed by atoms with Gasteiger partial charge in [-0.2, -0.15) is 0 Å². The second kappa shape index (κ2) is 51.5. The molecule has 0 aromatic heterocycles. The fourth-order valence-electron chi connectivity index (χ4n) is 9.75. The van der Waals surface area contributed by atoms with Crippen LogP contribution in [0.15, 0.2) is 0 Å². The number of aliphatic hydroxyl groups excluding tert-OH is 2. The van der Waals surface area contributed by atoms with E-state index in [1.54, 1.807) is 27.7 Å². The molecule has 17 amide bonds. The Morgan fingerprint density at radius 1 is 0.349 bits per heavy atom. The Balaban J connectivity index is 6.17. The standard InChI is InChI=1S/C65H111N19O25/c1-11-33(8)53(62(106)72-25-45(90)69-24-44(89)70-28-50(97)98)83-60(104)40(22-30(2)3)76-46(91)26-73-63(107)54(35(10)86)84-61(105)41(29-85)80-64(108)52(32(6)7)82-65(109)51(31(4)5)81-47(92)27-71-55(99)34(9)74-56(100)36(14-12-13-21-66)77-58(102)38(16-19-48(93)94)79-59(103)39(17-20-49(95)96)78-57(101)37(15-18-42(68)87)75-43(88)23-67/h30-41,51-54,85-86H,11-29,66-67H2,1-10H3,(H2,68,87)(H,69,90)(H,70,89)(H,71,99)(H,72,106)(H,73,107)(H,74,100)(H,75,88)(H,76,91)(H,77,102)(H,78,101)(H,79,103)(H,80,108)(H,81,92)(H,82,109)(H,83,104)(H,84,105)(H,93,94)(H,95,96)(H,97,98)/t33-,34-,35+,36-,37-,38-,39-,40-,41-,51-,52-,53-,54-/m0/s1. The molecule has 0 bridgehead atoms. The van der Waals surface area contributed by atoms with Crippen LogP contribution in [-0.2, 0) is 95.9 Å². The quantitative estimate of drug-likeness (QED) is 0.0252. The normalized spacial score (nSPS) is 14.6. The molecule has 0 saturated carbocycles. The third-order valence-corrected chi connectivity index (χ3v) is 16.1. The third-order valence-electron chi connectivity index (χ3n) is 16.1. The minimum absolute atomic E-state index is 0.0121. The van der Waals surface area contributed by atoms with E-state index in [-0.39, 0.29) is 38.1 Å². The van der Waals surface area contributed by atoms with Crippen molar-refractivity contribution in [3.05, 3.63) is 0 Å². The number of rotatable bonds is 54. The summed E-state index contributed by atoms with van der Waals surface area (Å²) in [7, 11) is 0. The number of nitrogens with one attached hydrogen (secondary N) is 16. The zero-order valence-electron chi connectivity index (χ0n) is 62.8. The summed E-state index contributed by atoms with van der Waals surface area (Å²) in [5, 5.41) is 85.6. The van der Waals surface area contributed by atoms with Crippen LogP contribution in [-0.4, -0.2) is 269 Å². The summed E-state index contributed by atoms with van der Waals surface area (Å²) in [5.41, 5.74) is 16.2. The fraction of sp³-hybridized carbons (Fsp3) is 0.692. The summed E-state index contributed by atoms with van der Waals surface area (Å²) in [6.45, 7) is 9.92. The largest absolute Gasteiger partial charge is 0.481 e. The lowest BCUT2D eigenvalue weighted by atomic mass is 9.96. The molecule has 0 aliphatic heterocycles. The van der Waals surface area contributed by atoms with Crippen molar-refractivity contribution < 1.29 is 121 Å². The summed E-state index contributed by atoms with van der Waals surface area (Å²) in [6.07, 6.45) is -4.53. The minimum atomic E-state index is -1.85. The van der Waals surface area contributed by atoms with E-state index in [2.05, 4.69) is 79.8 Å². The van der Waals surface area contributed by atoms with Gasteiger partial charge < -0.3 is 128 Å². The van der Waals surface area contributed by atoms with Gasteiger partial charge in [-0.3, -0.25) is 95.9 Å². The van der Waals surface area contributed by atoms with E-state index in [0.29, 0.717) is 12.8 Å². The molecule has 0 saturated heterocycles. The fourth-order valence-corrected chi connectivity index (χ4v) is 9.75. The van der Waals surface area contributed by atoms with Crippen molar-refractivity contribution in [2.75, 3.05) is 52.4 Å². The Labute approximate surface area is 628 Å². The monoisotopic (exact) mass is 1560 g/mol. The predicted molar refractivity (Wildman–Crippen MR) is 381 cm³/mol. The summed E-state index contributed by atoms with van der Waals surface area (Å²) in [4.78, 5) is 258. The van der Waals surface area contributed by atoms with E-state index in [9.17, 15) is 116 Å². The number of aliphatic hydroxyl groups is 2. The molecule has 0 aliphatic carbocycles. The molecule has 44 heteroatoms. The van der Waals surface area contributed by atoms with Crippen molar-refractivity contribution in [2.24, 2.45) is 40.9 Å². The first-order valence-electron chi connectivity index (χ1n) is 35.2. The number of amides is 17. The van der Waals surface area contributed by atoms with Crippen molar-refractivity contribution in [3.8, 4) is 0 Å². The molecule has 616 valence electrons. The van der Waals surface area contributed by atoms with Gasteiger partial charge in [0.15, 0.2) is 0 Å². The first-order valence-corrected chi connectivity index (χ1v) is 35.2. The first-order chi connectivity index (χ1) is 50.9. The third kappa shape index (κ3) is 40.1. The van der Waals surface area contributed by atoms with E-state index in [1.165, 1.54) is 34.6 Å². The molecule has 109 heavy (non-hydrogen) atoms. The van der Waals surface area contributed by atoms with Crippen molar-refractivity contribution in [1.82, 2.24) is 85.1 Å². The minimum Gasteiger partial charge on any atom is -0.481 e. The molecular weight excluding hydrogens is 1450 g/mol. The number of carbonyl (C=O) groups is 20. The van der Waals surface area contributed by atoms with Gasteiger partial charge in [0.2, 0.25) is 100 Å². The van der Waals surface area contributed by atoms with Gasteiger partial charge in [0.1, 0.15) is 73.0 Å².